The number of hydrogen-bond acceptors (Lipinski definition) is 5. The molecule has 1 N–H and O–H groups in total. The molecule has 124 valence electrons. The van der Waals surface area contributed by atoms with Gasteiger partial charge in [-0.25, -0.2) is 5.10 Å². The van der Waals surface area contributed by atoms with Crippen molar-refractivity contribution in [2.75, 3.05) is 6.61 Å². The fraction of sp³-hybridized carbons (Fsp3) is 0.235. The van der Waals surface area contributed by atoms with Crippen LogP contribution in [0.15, 0.2) is 52.2 Å². The highest BCUT2D eigenvalue weighted by Crippen LogP contribution is 2.19. The molecule has 0 aliphatic rings. The van der Waals surface area contributed by atoms with Crippen LogP contribution < -0.4 is 4.74 Å². The SMILES string of the molecule is CC(C)COc1ccccc1/C=N\n1c(-c2ccco2)n[nH]c1=S. The average molecular weight is 342 g/mol. The minimum Gasteiger partial charge on any atom is -0.493 e. The second-order valence-corrected chi connectivity index (χ2v) is 6.02. The molecule has 24 heavy (non-hydrogen) atoms. The first-order chi connectivity index (χ1) is 11.6. The van der Waals surface area contributed by atoms with E-state index < -0.39 is 0 Å². The first-order valence-electron chi connectivity index (χ1n) is 7.62. The molecular weight excluding hydrogens is 324 g/mol. The van der Waals surface area contributed by atoms with E-state index in [2.05, 4.69) is 29.1 Å². The van der Waals surface area contributed by atoms with Crippen molar-refractivity contribution in [2.24, 2.45) is 11.0 Å². The van der Waals surface area contributed by atoms with Gasteiger partial charge in [-0.2, -0.15) is 9.78 Å². The number of H-pyrrole nitrogens is 1. The van der Waals surface area contributed by atoms with Crippen molar-refractivity contribution in [3.63, 3.8) is 0 Å². The number of benzene rings is 1. The van der Waals surface area contributed by atoms with E-state index in [0.29, 0.717) is 28.9 Å². The number of aromatic nitrogens is 3. The molecule has 0 fully saturated rings. The summed E-state index contributed by atoms with van der Waals surface area (Å²) in [6, 6.07) is 11.3. The van der Waals surface area contributed by atoms with Crippen LogP contribution in [0.4, 0.5) is 0 Å². The number of rotatable bonds is 6. The lowest BCUT2D eigenvalue weighted by molar-refractivity contribution is 0.270. The van der Waals surface area contributed by atoms with Gasteiger partial charge in [-0.15, -0.1) is 5.10 Å². The van der Waals surface area contributed by atoms with Crippen LogP contribution >= 0.6 is 12.2 Å². The number of nitrogens with zero attached hydrogens (tertiary/aromatic N) is 3. The minimum atomic E-state index is 0.387. The Hall–Kier alpha value is -2.67. The quantitative estimate of drug-likeness (QED) is 0.540. The van der Waals surface area contributed by atoms with Crippen LogP contribution in [-0.4, -0.2) is 27.7 Å². The Morgan fingerprint density at radius 2 is 2.17 bits per heavy atom. The molecule has 2 aromatic heterocycles. The van der Waals surface area contributed by atoms with Crippen molar-refractivity contribution in [3.05, 3.63) is 53.0 Å². The van der Waals surface area contributed by atoms with E-state index in [0.717, 1.165) is 11.3 Å². The average Bonchev–Trinajstić information content (AvgIpc) is 3.21. The van der Waals surface area contributed by atoms with Crippen molar-refractivity contribution in [3.8, 4) is 17.3 Å². The third-order valence-corrected chi connectivity index (χ3v) is 3.46. The number of furan rings is 1. The highest BCUT2D eigenvalue weighted by atomic mass is 32.1. The summed E-state index contributed by atoms with van der Waals surface area (Å²) in [7, 11) is 0. The topological polar surface area (TPSA) is 68.3 Å². The van der Waals surface area contributed by atoms with E-state index in [1.165, 1.54) is 4.68 Å². The van der Waals surface area contributed by atoms with Crippen LogP contribution in [0.1, 0.15) is 19.4 Å². The van der Waals surface area contributed by atoms with E-state index in [1.54, 1.807) is 24.6 Å². The van der Waals surface area contributed by atoms with Gasteiger partial charge < -0.3 is 9.15 Å². The van der Waals surface area contributed by atoms with Gasteiger partial charge in [0, 0.05) is 5.56 Å². The predicted octanol–water partition coefficient (Wildman–Crippen LogP) is 4.12. The summed E-state index contributed by atoms with van der Waals surface area (Å²) in [4.78, 5) is 0. The molecule has 0 atom stereocenters. The maximum absolute atomic E-state index is 5.83. The lowest BCUT2D eigenvalue weighted by Crippen LogP contribution is -2.06. The fourth-order valence-electron chi connectivity index (χ4n) is 2.06. The smallest absolute Gasteiger partial charge is 0.219 e. The first-order valence-corrected chi connectivity index (χ1v) is 8.03. The molecule has 0 saturated heterocycles. The summed E-state index contributed by atoms with van der Waals surface area (Å²) in [5.41, 5.74) is 0.867. The lowest BCUT2D eigenvalue weighted by Gasteiger charge is -2.10. The van der Waals surface area contributed by atoms with Gasteiger partial charge in [-0.3, -0.25) is 0 Å². The van der Waals surface area contributed by atoms with Gasteiger partial charge in [0.05, 0.1) is 19.1 Å². The summed E-state index contributed by atoms with van der Waals surface area (Å²) >= 11 is 5.24. The molecule has 7 heteroatoms. The Balaban J connectivity index is 1.90. The van der Waals surface area contributed by atoms with Crippen LogP contribution in [0.25, 0.3) is 11.6 Å². The molecule has 2 heterocycles. The second-order valence-electron chi connectivity index (χ2n) is 5.63. The van der Waals surface area contributed by atoms with Gasteiger partial charge in [-0.1, -0.05) is 26.0 Å². The van der Waals surface area contributed by atoms with Gasteiger partial charge in [-0.05, 0) is 42.4 Å². The van der Waals surface area contributed by atoms with E-state index in [1.807, 2.05) is 24.3 Å². The van der Waals surface area contributed by atoms with Crippen molar-refractivity contribution in [1.82, 2.24) is 14.9 Å². The molecule has 0 aliphatic heterocycles. The first kappa shape index (κ1) is 16.2. The molecule has 0 unspecified atom stereocenters. The number of aromatic amines is 1. The molecule has 3 aromatic rings. The fourth-order valence-corrected chi connectivity index (χ4v) is 2.24. The zero-order valence-electron chi connectivity index (χ0n) is 13.5. The number of nitrogens with one attached hydrogen (secondary N) is 1. The molecule has 0 saturated carbocycles. The van der Waals surface area contributed by atoms with Gasteiger partial charge in [0.15, 0.2) is 5.76 Å². The molecule has 3 rings (SSSR count). The summed E-state index contributed by atoms with van der Waals surface area (Å²) in [6.45, 7) is 4.86. The maximum Gasteiger partial charge on any atom is 0.219 e. The Kier molecular flexibility index (Phi) is 4.90. The predicted molar refractivity (Wildman–Crippen MR) is 94.9 cm³/mol. The molecule has 0 aliphatic carbocycles. The van der Waals surface area contributed by atoms with Crippen molar-refractivity contribution >= 4 is 18.4 Å². The highest BCUT2D eigenvalue weighted by Gasteiger charge is 2.10. The Morgan fingerprint density at radius 1 is 1.33 bits per heavy atom. The molecule has 1 aromatic carbocycles. The molecular formula is C17H18N4O2S. The van der Waals surface area contributed by atoms with Gasteiger partial charge >= 0.3 is 0 Å². The minimum absolute atomic E-state index is 0.387. The molecule has 0 bridgehead atoms. The van der Waals surface area contributed by atoms with Crippen LogP contribution in [0.3, 0.4) is 0 Å². The van der Waals surface area contributed by atoms with E-state index >= 15 is 0 Å². The number of hydrogen-bond donors (Lipinski definition) is 1. The van der Waals surface area contributed by atoms with Crippen molar-refractivity contribution in [1.29, 1.82) is 0 Å². The second kappa shape index (κ2) is 7.27. The Morgan fingerprint density at radius 3 is 2.92 bits per heavy atom. The Labute approximate surface area is 144 Å². The molecule has 0 amide bonds. The zero-order chi connectivity index (χ0) is 16.9. The van der Waals surface area contributed by atoms with Gasteiger partial charge in [0.25, 0.3) is 0 Å². The summed E-state index contributed by atoms with van der Waals surface area (Å²) in [5, 5.41) is 11.3. The third-order valence-electron chi connectivity index (χ3n) is 3.20. The van der Waals surface area contributed by atoms with Crippen molar-refractivity contribution < 1.29 is 9.15 Å². The summed E-state index contributed by atoms with van der Waals surface area (Å²) in [6.07, 6.45) is 3.28. The standard InChI is InChI=1S/C17H18N4O2S/c1-12(2)11-23-14-7-4-3-6-13(14)10-18-21-16(19-20-17(21)24)15-8-5-9-22-15/h3-10,12H,11H2,1-2H3,(H,20,24)/b18-10-. The largest absolute Gasteiger partial charge is 0.493 e. The van der Waals surface area contributed by atoms with E-state index in [9.17, 15) is 0 Å². The highest BCUT2D eigenvalue weighted by molar-refractivity contribution is 7.71. The zero-order valence-corrected chi connectivity index (χ0v) is 14.3. The molecule has 0 radical (unpaired) electrons. The van der Waals surface area contributed by atoms with Crippen LogP contribution in [0.5, 0.6) is 5.75 Å². The normalized spacial score (nSPS) is 11.5. The molecule has 6 nitrogen and oxygen atoms in total. The third kappa shape index (κ3) is 3.62. The van der Waals surface area contributed by atoms with Crippen LogP contribution in [-0.2, 0) is 0 Å². The summed E-state index contributed by atoms with van der Waals surface area (Å²) in [5.74, 6) is 2.33. The monoisotopic (exact) mass is 342 g/mol. The van der Waals surface area contributed by atoms with Crippen LogP contribution in [0, 0.1) is 10.7 Å². The number of para-hydroxylation sites is 1. The number of ether oxygens (including phenoxy) is 1. The Bertz CT molecular complexity index is 878. The van der Waals surface area contributed by atoms with Crippen molar-refractivity contribution in [2.45, 2.75) is 13.8 Å². The maximum atomic E-state index is 5.83. The van der Waals surface area contributed by atoms with E-state index in [-0.39, 0.29) is 0 Å². The lowest BCUT2D eigenvalue weighted by atomic mass is 10.2. The van der Waals surface area contributed by atoms with Gasteiger partial charge in [0.2, 0.25) is 10.6 Å². The van der Waals surface area contributed by atoms with Crippen LogP contribution in [0.2, 0.25) is 0 Å². The van der Waals surface area contributed by atoms with E-state index in [4.69, 9.17) is 21.4 Å². The van der Waals surface area contributed by atoms with Gasteiger partial charge in [0.1, 0.15) is 5.75 Å². The summed E-state index contributed by atoms with van der Waals surface area (Å²) < 4.78 is 13.1. The molecule has 0 spiro atoms.